The van der Waals surface area contributed by atoms with Crippen LogP contribution in [0.2, 0.25) is 0 Å². The van der Waals surface area contributed by atoms with Crippen molar-refractivity contribution in [3.05, 3.63) is 96.1 Å². The number of aromatic hydroxyl groups is 1. The Labute approximate surface area is 194 Å². The van der Waals surface area contributed by atoms with Crippen molar-refractivity contribution in [1.29, 1.82) is 0 Å². The van der Waals surface area contributed by atoms with E-state index >= 15 is 0 Å². The fraction of sp³-hybridized carbons (Fsp3) is 0.296. The van der Waals surface area contributed by atoms with Crippen LogP contribution >= 0.6 is 0 Å². The predicted octanol–water partition coefficient (Wildman–Crippen LogP) is 3.63. The molecule has 0 bridgehead atoms. The van der Waals surface area contributed by atoms with Gasteiger partial charge in [0.2, 0.25) is 5.91 Å². The molecule has 0 aromatic heterocycles. The van der Waals surface area contributed by atoms with Gasteiger partial charge in [-0.2, -0.15) is 0 Å². The number of hydrogen-bond donors (Lipinski definition) is 3. The number of nitrogens with one attached hydrogen (secondary N) is 1. The molecule has 33 heavy (non-hydrogen) atoms. The van der Waals surface area contributed by atoms with Gasteiger partial charge in [-0.05, 0) is 36.6 Å². The number of hydrogen-bond acceptors (Lipinski definition) is 5. The monoisotopic (exact) mass is 443 g/mol. The van der Waals surface area contributed by atoms with Gasteiger partial charge in [-0.1, -0.05) is 66.7 Å². The van der Waals surface area contributed by atoms with Crippen LogP contribution in [0, 0.1) is 5.41 Å². The largest absolute Gasteiger partial charge is 0.508 e. The van der Waals surface area contributed by atoms with Gasteiger partial charge in [0.25, 0.3) is 0 Å². The number of likely N-dealkylation sites (tertiary alicyclic amines) is 1. The summed E-state index contributed by atoms with van der Waals surface area (Å²) in [5.74, 6) is 0.375. The molecule has 2 unspecified atom stereocenters. The van der Waals surface area contributed by atoms with E-state index in [1.54, 1.807) is 12.1 Å². The maximum absolute atomic E-state index is 13.5. The number of phenols is 1. The molecular formula is C27H29N3O3. The third-order valence-corrected chi connectivity index (χ3v) is 7.08. The van der Waals surface area contributed by atoms with Gasteiger partial charge in [-0.25, -0.2) is 0 Å². The molecule has 3 N–H and O–H groups in total. The lowest BCUT2D eigenvalue weighted by molar-refractivity contribution is -0.148. The molecule has 6 nitrogen and oxygen atoms in total. The Hall–Kier alpha value is -3.19. The van der Waals surface area contributed by atoms with Crippen molar-refractivity contribution < 1.29 is 15.0 Å². The molecule has 2 fully saturated rings. The molecule has 0 radical (unpaired) electrons. The summed E-state index contributed by atoms with van der Waals surface area (Å²) in [6.45, 7) is 1.60. The second-order valence-corrected chi connectivity index (χ2v) is 8.90. The molecule has 2 atom stereocenters. The quantitative estimate of drug-likeness (QED) is 0.401. The lowest BCUT2D eigenvalue weighted by atomic mass is 9.62. The van der Waals surface area contributed by atoms with Crippen LogP contribution in [0.5, 0.6) is 5.75 Å². The van der Waals surface area contributed by atoms with Crippen LogP contribution in [0.1, 0.15) is 30.0 Å². The van der Waals surface area contributed by atoms with Crippen LogP contribution in [-0.2, 0) is 11.3 Å². The Bertz CT molecular complexity index is 1100. The third kappa shape index (κ3) is 3.91. The summed E-state index contributed by atoms with van der Waals surface area (Å²) in [6, 6.07) is 27.2. The molecule has 3 aromatic carbocycles. The number of carbonyl (C=O) groups is 1. The zero-order valence-corrected chi connectivity index (χ0v) is 18.5. The van der Waals surface area contributed by atoms with Gasteiger partial charge in [0.15, 0.2) is 6.35 Å². The highest BCUT2D eigenvalue weighted by molar-refractivity contribution is 6.06. The summed E-state index contributed by atoms with van der Waals surface area (Å²) in [6.07, 6.45) is 0.534. The van der Waals surface area contributed by atoms with Gasteiger partial charge >= 0.3 is 0 Å². The van der Waals surface area contributed by atoms with E-state index in [9.17, 15) is 15.0 Å². The van der Waals surface area contributed by atoms with E-state index in [-0.39, 0.29) is 17.7 Å². The summed E-state index contributed by atoms with van der Waals surface area (Å²) >= 11 is 0. The molecule has 0 saturated carbocycles. The van der Waals surface area contributed by atoms with Crippen molar-refractivity contribution in [3.8, 4) is 5.75 Å². The van der Waals surface area contributed by atoms with Crippen LogP contribution in [0.3, 0.4) is 0 Å². The minimum atomic E-state index is -0.836. The van der Waals surface area contributed by atoms with Crippen LogP contribution in [0.15, 0.2) is 84.9 Å². The number of β-lactam (4-membered cyclic amide) rings is 1. The number of phenolic OH excluding ortho intramolecular Hbond substituents is 1. The number of aliphatic hydroxyl groups excluding tert-OH is 1. The lowest BCUT2D eigenvalue weighted by Crippen LogP contribution is -2.67. The summed E-state index contributed by atoms with van der Waals surface area (Å²) in [5.41, 5.74) is 2.36. The van der Waals surface area contributed by atoms with Crippen LogP contribution in [0.4, 0.5) is 5.69 Å². The fourth-order valence-electron chi connectivity index (χ4n) is 5.26. The molecule has 2 aliphatic rings. The van der Waals surface area contributed by atoms with Crippen LogP contribution in [0.25, 0.3) is 0 Å². The molecule has 170 valence electrons. The van der Waals surface area contributed by atoms with Gasteiger partial charge in [-0.15, -0.1) is 0 Å². The van der Waals surface area contributed by atoms with Crippen LogP contribution < -0.4 is 10.2 Å². The van der Waals surface area contributed by atoms with E-state index in [1.807, 2.05) is 70.5 Å². The van der Waals surface area contributed by atoms with Gasteiger partial charge < -0.3 is 15.1 Å². The average Bonchev–Trinajstić information content (AvgIpc) is 2.87. The molecule has 1 amide bonds. The van der Waals surface area contributed by atoms with E-state index in [2.05, 4.69) is 17.4 Å². The Morgan fingerprint density at radius 3 is 2.18 bits per heavy atom. The Morgan fingerprint density at radius 2 is 1.52 bits per heavy atom. The molecular weight excluding hydrogens is 414 g/mol. The average molecular weight is 444 g/mol. The van der Waals surface area contributed by atoms with Crippen molar-refractivity contribution in [3.63, 3.8) is 0 Å². The zero-order valence-electron chi connectivity index (χ0n) is 18.5. The number of anilines is 1. The smallest absolute Gasteiger partial charge is 0.236 e. The number of rotatable bonds is 6. The first-order chi connectivity index (χ1) is 16.1. The summed E-state index contributed by atoms with van der Waals surface area (Å²) in [4.78, 5) is 17.4. The van der Waals surface area contributed by atoms with E-state index in [1.165, 1.54) is 0 Å². The molecule has 6 heteroatoms. The molecule has 3 aromatic rings. The first-order valence-corrected chi connectivity index (χ1v) is 11.5. The van der Waals surface area contributed by atoms with Gasteiger partial charge in [-0.3, -0.25) is 15.0 Å². The molecule has 5 rings (SSSR count). The highest BCUT2D eigenvalue weighted by atomic mass is 16.3. The highest BCUT2D eigenvalue weighted by Gasteiger charge is 2.62. The van der Waals surface area contributed by atoms with Crippen molar-refractivity contribution in [1.82, 2.24) is 10.2 Å². The Balaban J connectivity index is 1.30. The minimum absolute atomic E-state index is 0.0119. The predicted molar refractivity (Wildman–Crippen MR) is 127 cm³/mol. The van der Waals surface area contributed by atoms with E-state index < -0.39 is 11.8 Å². The summed E-state index contributed by atoms with van der Waals surface area (Å²) < 4.78 is 0. The standard InChI is InChI=1S/C27H29N3O3/c31-23-14-8-7-11-21(23)19-28-26(33)29-17-15-27(16-18-29)24(20-9-3-1-4-10-20)30(25(27)32)22-12-5-2-6-13-22/h1-14,24,26,28,31,33H,15-19H2. The van der Waals surface area contributed by atoms with E-state index in [0.717, 1.165) is 16.8 Å². The van der Waals surface area contributed by atoms with Crippen molar-refractivity contribution in [2.75, 3.05) is 18.0 Å². The molecule has 2 heterocycles. The normalized spacial score (nSPS) is 21.1. The number of aliphatic hydroxyl groups is 1. The highest BCUT2D eigenvalue weighted by Crippen LogP contribution is 2.57. The maximum atomic E-state index is 13.5. The number of amides is 1. The number of benzene rings is 3. The molecule has 2 saturated heterocycles. The third-order valence-electron chi connectivity index (χ3n) is 7.08. The topological polar surface area (TPSA) is 76.0 Å². The summed E-state index contributed by atoms with van der Waals surface area (Å²) in [5, 5.41) is 23.7. The van der Waals surface area contributed by atoms with E-state index in [0.29, 0.717) is 32.5 Å². The van der Waals surface area contributed by atoms with Crippen molar-refractivity contribution in [2.45, 2.75) is 31.8 Å². The zero-order chi connectivity index (χ0) is 22.8. The number of piperidine rings is 1. The Morgan fingerprint density at radius 1 is 0.909 bits per heavy atom. The summed E-state index contributed by atoms with van der Waals surface area (Å²) in [7, 11) is 0. The number of carbonyl (C=O) groups excluding carboxylic acids is 1. The van der Waals surface area contributed by atoms with Crippen LogP contribution in [-0.4, -0.2) is 40.5 Å². The fourth-order valence-corrected chi connectivity index (χ4v) is 5.26. The number of para-hydroxylation sites is 2. The lowest BCUT2D eigenvalue weighted by Gasteiger charge is -2.59. The van der Waals surface area contributed by atoms with Gasteiger partial charge in [0.05, 0.1) is 11.5 Å². The Kier molecular flexibility index (Phi) is 5.89. The SMILES string of the molecule is O=C1N(c2ccccc2)C(c2ccccc2)C12CCN(C(O)NCc1ccccc1O)CC2. The second-order valence-electron chi connectivity index (χ2n) is 8.90. The van der Waals surface area contributed by atoms with Gasteiger partial charge in [0.1, 0.15) is 5.75 Å². The number of nitrogens with zero attached hydrogens (tertiary/aromatic N) is 2. The maximum Gasteiger partial charge on any atom is 0.236 e. The molecule has 0 aliphatic carbocycles. The second kappa shape index (κ2) is 8.98. The molecule has 1 spiro atoms. The molecule has 2 aliphatic heterocycles. The van der Waals surface area contributed by atoms with Crippen molar-refractivity contribution in [2.24, 2.45) is 5.41 Å². The first-order valence-electron chi connectivity index (χ1n) is 11.5. The van der Waals surface area contributed by atoms with Crippen molar-refractivity contribution >= 4 is 11.6 Å². The first kappa shape index (κ1) is 21.6. The minimum Gasteiger partial charge on any atom is -0.508 e. The van der Waals surface area contributed by atoms with Gasteiger partial charge in [0, 0.05) is 30.9 Å². The van der Waals surface area contributed by atoms with E-state index in [4.69, 9.17) is 0 Å².